The van der Waals surface area contributed by atoms with Crippen LogP contribution < -0.4 is 5.48 Å². The van der Waals surface area contributed by atoms with Gasteiger partial charge in [0.25, 0.3) is 5.91 Å². The van der Waals surface area contributed by atoms with Crippen LogP contribution in [0.15, 0.2) is 30.5 Å². The quantitative estimate of drug-likeness (QED) is 0.488. The van der Waals surface area contributed by atoms with Crippen molar-refractivity contribution in [2.75, 3.05) is 0 Å². The molecule has 4 atom stereocenters. The summed E-state index contributed by atoms with van der Waals surface area (Å²) in [5.41, 5.74) is 3.18. The Kier molecular flexibility index (Phi) is 5.38. The smallest absolute Gasteiger partial charge is 0.254 e. The second kappa shape index (κ2) is 7.43. The number of nitrogens with one attached hydrogen (secondary N) is 1. The van der Waals surface area contributed by atoms with Crippen LogP contribution in [0.2, 0.25) is 0 Å². The average molecular weight is 373 g/mol. The van der Waals surface area contributed by atoms with E-state index in [1.54, 1.807) is 19.2 Å². The van der Waals surface area contributed by atoms with E-state index in [-0.39, 0.29) is 23.6 Å². The molecule has 1 aromatic carbocycles. The summed E-state index contributed by atoms with van der Waals surface area (Å²) in [6.45, 7) is 5.77. The number of benzene rings is 1. The van der Waals surface area contributed by atoms with E-state index < -0.39 is 11.3 Å². The Labute approximate surface area is 159 Å². The number of halogens is 1. The lowest BCUT2D eigenvalue weighted by molar-refractivity contribution is -0.139. The molecular weight excluding hydrogens is 345 g/mol. The molecule has 1 fully saturated rings. The van der Waals surface area contributed by atoms with Gasteiger partial charge in [0.1, 0.15) is 5.82 Å². The molecule has 2 aromatic rings. The third-order valence-electron chi connectivity index (χ3n) is 6.61. The maximum atomic E-state index is 14.4. The van der Waals surface area contributed by atoms with Gasteiger partial charge in [-0.3, -0.25) is 14.7 Å². The fraction of sp³-hybridized carbons (Fsp3) is 0.524. The summed E-state index contributed by atoms with van der Waals surface area (Å²) in [5.74, 6) is -0.676. The minimum atomic E-state index is -0.992. The van der Waals surface area contributed by atoms with Crippen molar-refractivity contribution in [2.24, 2.45) is 18.9 Å². The van der Waals surface area contributed by atoms with Crippen LogP contribution in [0, 0.1) is 24.6 Å². The number of nitrogens with zero attached hydrogens (tertiary/aromatic N) is 2. The van der Waals surface area contributed by atoms with Crippen molar-refractivity contribution in [3.63, 3.8) is 0 Å². The van der Waals surface area contributed by atoms with Gasteiger partial charge >= 0.3 is 0 Å². The molecular formula is C21H28FN3O2. The van der Waals surface area contributed by atoms with Crippen LogP contribution in [0.5, 0.6) is 0 Å². The fourth-order valence-electron chi connectivity index (χ4n) is 5.20. The van der Waals surface area contributed by atoms with E-state index in [0.717, 1.165) is 25.0 Å². The molecule has 6 heteroatoms. The van der Waals surface area contributed by atoms with Gasteiger partial charge in [0.2, 0.25) is 0 Å². The monoisotopic (exact) mass is 373 g/mol. The third-order valence-corrected chi connectivity index (χ3v) is 6.61. The number of hydroxylamine groups is 1. The van der Waals surface area contributed by atoms with Gasteiger partial charge in [-0.15, -0.1) is 0 Å². The highest BCUT2D eigenvalue weighted by Crippen LogP contribution is 2.50. The van der Waals surface area contributed by atoms with Gasteiger partial charge in [0.15, 0.2) is 0 Å². The van der Waals surface area contributed by atoms with Crippen LogP contribution in [0.4, 0.5) is 4.39 Å². The zero-order valence-electron chi connectivity index (χ0n) is 16.4. The fourth-order valence-corrected chi connectivity index (χ4v) is 5.20. The van der Waals surface area contributed by atoms with Crippen LogP contribution in [0.25, 0.3) is 0 Å². The molecule has 1 amide bonds. The largest absolute Gasteiger partial charge is 0.289 e. The number of aryl methyl sites for hydroxylation is 1. The summed E-state index contributed by atoms with van der Waals surface area (Å²) in [5, 5.41) is 13.9. The molecule has 2 N–H and O–H groups in total. The van der Waals surface area contributed by atoms with Crippen molar-refractivity contribution in [1.82, 2.24) is 15.3 Å². The summed E-state index contributed by atoms with van der Waals surface area (Å²) in [4.78, 5) is 13.1. The summed E-state index contributed by atoms with van der Waals surface area (Å²) in [7, 11) is 1.93. The zero-order valence-corrected chi connectivity index (χ0v) is 16.4. The molecule has 1 aliphatic carbocycles. The van der Waals surface area contributed by atoms with Gasteiger partial charge in [-0.2, -0.15) is 5.10 Å². The third kappa shape index (κ3) is 3.06. The van der Waals surface area contributed by atoms with Crippen LogP contribution in [-0.4, -0.2) is 20.9 Å². The SMILES string of the molecule is Cc1c(F)cccc1C1(C(=O)NO)C(C)CCC(c2ccnn2C)CC1C. The molecule has 4 unspecified atom stereocenters. The molecule has 3 rings (SSSR count). The maximum Gasteiger partial charge on any atom is 0.254 e. The Balaban J connectivity index is 2.14. The second-order valence-electron chi connectivity index (χ2n) is 7.91. The molecule has 0 saturated heterocycles. The lowest BCUT2D eigenvalue weighted by Gasteiger charge is -2.42. The number of carbonyl (C=O) groups excluding carboxylic acids is 1. The van der Waals surface area contributed by atoms with E-state index in [1.807, 2.05) is 43.2 Å². The lowest BCUT2D eigenvalue weighted by Crippen LogP contribution is -2.52. The lowest BCUT2D eigenvalue weighted by atomic mass is 9.61. The first-order valence-electron chi connectivity index (χ1n) is 9.52. The summed E-state index contributed by atoms with van der Waals surface area (Å²) >= 11 is 0. The average Bonchev–Trinajstić information content (AvgIpc) is 3.02. The predicted octanol–water partition coefficient (Wildman–Crippen LogP) is 3.85. The standard InChI is InChI=1S/C21H28FN3O2/c1-13-8-9-16(19-10-11-23-25(19)4)12-14(2)21(13,20(26)24-27)17-6-5-7-18(22)15(17)3/h5-7,10-11,13-14,16,27H,8-9,12H2,1-4H3,(H,24,26). The van der Waals surface area contributed by atoms with Crippen molar-refractivity contribution in [3.8, 4) is 0 Å². The Bertz CT molecular complexity index is 835. The van der Waals surface area contributed by atoms with E-state index in [1.165, 1.54) is 6.07 Å². The maximum absolute atomic E-state index is 14.4. The highest BCUT2D eigenvalue weighted by Gasteiger charge is 2.52. The van der Waals surface area contributed by atoms with Crippen molar-refractivity contribution < 1.29 is 14.4 Å². The van der Waals surface area contributed by atoms with Crippen molar-refractivity contribution in [2.45, 2.75) is 51.4 Å². The molecule has 1 aliphatic rings. The van der Waals surface area contributed by atoms with Gasteiger partial charge in [-0.1, -0.05) is 26.0 Å². The van der Waals surface area contributed by atoms with Gasteiger partial charge in [0.05, 0.1) is 5.41 Å². The van der Waals surface area contributed by atoms with Crippen LogP contribution in [0.3, 0.4) is 0 Å². The Morgan fingerprint density at radius 2 is 2.04 bits per heavy atom. The molecule has 0 aliphatic heterocycles. The highest BCUT2D eigenvalue weighted by atomic mass is 19.1. The van der Waals surface area contributed by atoms with Gasteiger partial charge in [-0.05, 0) is 61.3 Å². The first-order valence-corrected chi connectivity index (χ1v) is 9.52. The Morgan fingerprint density at radius 1 is 1.30 bits per heavy atom. The number of rotatable bonds is 3. The molecule has 5 nitrogen and oxygen atoms in total. The van der Waals surface area contributed by atoms with Crippen LogP contribution >= 0.6 is 0 Å². The Hall–Kier alpha value is -2.21. The molecule has 0 bridgehead atoms. The van der Waals surface area contributed by atoms with E-state index in [2.05, 4.69) is 5.10 Å². The van der Waals surface area contributed by atoms with Crippen LogP contribution in [-0.2, 0) is 17.3 Å². The van der Waals surface area contributed by atoms with E-state index in [9.17, 15) is 14.4 Å². The highest BCUT2D eigenvalue weighted by molar-refractivity contribution is 5.88. The normalized spacial score (nSPS) is 28.6. The number of carbonyl (C=O) groups is 1. The van der Waals surface area contributed by atoms with Crippen molar-refractivity contribution in [3.05, 3.63) is 53.1 Å². The molecule has 27 heavy (non-hydrogen) atoms. The molecule has 0 radical (unpaired) electrons. The summed E-state index contributed by atoms with van der Waals surface area (Å²) in [6.07, 6.45) is 4.26. The minimum Gasteiger partial charge on any atom is -0.289 e. The number of hydrogen-bond acceptors (Lipinski definition) is 3. The predicted molar refractivity (Wildman–Crippen MR) is 101 cm³/mol. The number of amides is 1. The molecule has 1 heterocycles. The first-order chi connectivity index (χ1) is 12.8. The number of hydrogen-bond donors (Lipinski definition) is 2. The van der Waals surface area contributed by atoms with E-state index in [4.69, 9.17) is 0 Å². The summed E-state index contributed by atoms with van der Waals surface area (Å²) in [6, 6.07) is 6.90. The van der Waals surface area contributed by atoms with Gasteiger partial charge in [-0.25, -0.2) is 9.87 Å². The first kappa shape index (κ1) is 19.5. The number of aromatic nitrogens is 2. The molecule has 1 saturated carbocycles. The topological polar surface area (TPSA) is 67.2 Å². The summed E-state index contributed by atoms with van der Waals surface area (Å²) < 4.78 is 16.3. The van der Waals surface area contributed by atoms with Gasteiger partial charge < -0.3 is 0 Å². The molecule has 146 valence electrons. The van der Waals surface area contributed by atoms with Crippen molar-refractivity contribution in [1.29, 1.82) is 0 Å². The zero-order chi connectivity index (χ0) is 19.8. The molecule has 0 spiro atoms. The Morgan fingerprint density at radius 3 is 2.67 bits per heavy atom. The van der Waals surface area contributed by atoms with Crippen molar-refractivity contribution >= 4 is 5.91 Å². The minimum absolute atomic E-state index is 0.0571. The van der Waals surface area contributed by atoms with Crippen LogP contribution in [0.1, 0.15) is 55.8 Å². The second-order valence-corrected chi connectivity index (χ2v) is 7.91. The van der Waals surface area contributed by atoms with E-state index >= 15 is 0 Å². The molecule has 1 aromatic heterocycles. The van der Waals surface area contributed by atoms with Gasteiger partial charge in [0, 0.05) is 24.9 Å². The van der Waals surface area contributed by atoms with E-state index in [0.29, 0.717) is 11.1 Å².